The Morgan fingerprint density at radius 2 is 2.00 bits per heavy atom. The maximum atomic E-state index is 3.90. The zero-order chi connectivity index (χ0) is 13.1. The number of nitrogens with one attached hydrogen (secondary N) is 1. The topological polar surface area (TPSA) is 55.6 Å². The van der Waals surface area contributed by atoms with Crippen LogP contribution in [0, 0.1) is 12.8 Å². The molecule has 1 atom stereocenters. The molecule has 5 nitrogen and oxygen atoms in total. The molecule has 1 N–H and O–H groups in total. The van der Waals surface area contributed by atoms with Crippen molar-refractivity contribution < 1.29 is 0 Å². The van der Waals surface area contributed by atoms with Crippen molar-refractivity contribution in [1.29, 1.82) is 0 Å². The SMILES string of the molecule is Cc1ccc(-n2cnnn2)cc1NC(C)C(C)C. The fourth-order valence-corrected chi connectivity index (χ4v) is 1.60. The molecule has 0 spiro atoms. The summed E-state index contributed by atoms with van der Waals surface area (Å²) in [6, 6.07) is 6.58. The fraction of sp³-hybridized carbons (Fsp3) is 0.462. The molecule has 0 saturated carbocycles. The lowest BCUT2D eigenvalue weighted by atomic mass is 10.1. The van der Waals surface area contributed by atoms with Crippen molar-refractivity contribution in [3.05, 3.63) is 30.1 Å². The average Bonchev–Trinajstić information content (AvgIpc) is 2.85. The quantitative estimate of drug-likeness (QED) is 0.898. The summed E-state index contributed by atoms with van der Waals surface area (Å²) in [5.41, 5.74) is 3.31. The number of hydrogen-bond acceptors (Lipinski definition) is 4. The normalized spacial score (nSPS) is 12.7. The van der Waals surface area contributed by atoms with Gasteiger partial charge in [-0.3, -0.25) is 0 Å². The van der Waals surface area contributed by atoms with Gasteiger partial charge in [-0.25, -0.2) is 4.68 Å². The molecule has 96 valence electrons. The number of rotatable bonds is 4. The molecule has 0 fully saturated rings. The fourth-order valence-electron chi connectivity index (χ4n) is 1.60. The van der Waals surface area contributed by atoms with Gasteiger partial charge in [0.05, 0.1) is 5.69 Å². The summed E-state index contributed by atoms with van der Waals surface area (Å²) in [6.45, 7) is 8.70. The highest BCUT2D eigenvalue weighted by atomic mass is 15.5. The molecule has 5 heteroatoms. The number of nitrogens with zero attached hydrogens (tertiary/aromatic N) is 4. The van der Waals surface area contributed by atoms with Gasteiger partial charge in [-0.15, -0.1) is 5.10 Å². The van der Waals surface area contributed by atoms with Gasteiger partial charge in [0, 0.05) is 11.7 Å². The number of anilines is 1. The first-order valence-corrected chi connectivity index (χ1v) is 6.18. The van der Waals surface area contributed by atoms with Crippen molar-refractivity contribution in [1.82, 2.24) is 20.2 Å². The van der Waals surface area contributed by atoms with Crippen LogP contribution in [0.2, 0.25) is 0 Å². The first kappa shape index (κ1) is 12.5. The molecule has 2 rings (SSSR count). The van der Waals surface area contributed by atoms with Crippen LogP contribution in [-0.4, -0.2) is 26.2 Å². The van der Waals surface area contributed by atoms with Crippen molar-refractivity contribution in [3.63, 3.8) is 0 Å². The molecule has 0 amide bonds. The minimum Gasteiger partial charge on any atom is -0.382 e. The lowest BCUT2D eigenvalue weighted by molar-refractivity contribution is 0.559. The summed E-state index contributed by atoms with van der Waals surface area (Å²) >= 11 is 0. The molecule has 1 aromatic heterocycles. The van der Waals surface area contributed by atoms with Gasteiger partial charge >= 0.3 is 0 Å². The molecule has 0 aliphatic heterocycles. The maximum absolute atomic E-state index is 3.90. The van der Waals surface area contributed by atoms with Gasteiger partial charge in [-0.05, 0) is 47.9 Å². The van der Waals surface area contributed by atoms with Gasteiger partial charge in [0.15, 0.2) is 0 Å². The van der Waals surface area contributed by atoms with Crippen molar-refractivity contribution >= 4 is 5.69 Å². The first-order chi connectivity index (χ1) is 8.58. The highest BCUT2D eigenvalue weighted by Crippen LogP contribution is 2.21. The van der Waals surface area contributed by atoms with Crippen LogP contribution in [0.3, 0.4) is 0 Å². The van der Waals surface area contributed by atoms with Crippen LogP contribution < -0.4 is 5.32 Å². The summed E-state index contributed by atoms with van der Waals surface area (Å²) in [5.74, 6) is 0.584. The third kappa shape index (κ3) is 2.67. The van der Waals surface area contributed by atoms with Crippen molar-refractivity contribution in [2.24, 2.45) is 5.92 Å². The van der Waals surface area contributed by atoms with Crippen molar-refractivity contribution in [2.75, 3.05) is 5.32 Å². The summed E-state index contributed by atoms with van der Waals surface area (Å²) in [7, 11) is 0. The van der Waals surface area contributed by atoms with Gasteiger partial charge in [0.25, 0.3) is 0 Å². The minimum atomic E-state index is 0.424. The molecule has 1 heterocycles. The van der Waals surface area contributed by atoms with E-state index in [-0.39, 0.29) is 0 Å². The van der Waals surface area contributed by atoms with E-state index in [0.29, 0.717) is 12.0 Å². The minimum absolute atomic E-state index is 0.424. The average molecular weight is 245 g/mol. The van der Waals surface area contributed by atoms with E-state index in [1.54, 1.807) is 11.0 Å². The smallest absolute Gasteiger partial charge is 0.143 e. The van der Waals surface area contributed by atoms with Crippen LogP contribution >= 0.6 is 0 Å². The second kappa shape index (κ2) is 5.16. The summed E-state index contributed by atoms with van der Waals surface area (Å²) < 4.78 is 1.66. The standard InChI is InChI=1S/C13H19N5/c1-9(2)11(4)15-13-7-12(6-5-10(13)3)18-8-14-16-17-18/h5-9,11,15H,1-4H3. The Morgan fingerprint density at radius 3 is 2.61 bits per heavy atom. The number of aryl methyl sites for hydroxylation is 1. The van der Waals surface area contributed by atoms with Gasteiger partial charge in [-0.1, -0.05) is 19.9 Å². The highest BCUT2D eigenvalue weighted by molar-refractivity contribution is 5.57. The third-order valence-corrected chi connectivity index (χ3v) is 3.22. The second-order valence-corrected chi connectivity index (χ2v) is 4.93. The molecule has 0 bridgehead atoms. The zero-order valence-corrected chi connectivity index (χ0v) is 11.3. The van der Waals surface area contributed by atoms with E-state index >= 15 is 0 Å². The van der Waals surface area contributed by atoms with Gasteiger partial charge in [0.1, 0.15) is 6.33 Å². The Hall–Kier alpha value is -1.91. The van der Waals surface area contributed by atoms with E-state index < -0.39 is 0 Å². The van der Waals surface area contributed by atoms with Crippen LogP contribution in [0.1, 0.15) is 26.3 Å². The van der Waals surface area contributed by atoms with Crippen molar-refractivity contribution in [2.45, 2.75) is 33.7 Å². The Morgan fingerprint density at radius 1 is 1.22 bits per heavy atom. The van der Waals surface area contributed by atoms with Crippen molar-refractivity contribution in [3.8, 4) is 5.69 Å². The molecule has 1 unspecified atom stereocenters. The van der Waals surface area contributed by atoms with Crippen LogP contribution in [0.25, 0.3) is 5.69 Å². The molecule has 18 heavy (non-hydrogen) atoms. The Labute approximate surface area is 107 Å². The highest BCUT2D eigenvalue weighted by Gasteiger charge is 2.09. The second-order valence-electron chi connectivity index (χ2n) is 4.93. The predicted octanol–water partition coefficient (Wildman–Crippen LogP) is 2.43. The molecule has 0 radical (unpaired) electrons. The van der Waals surface area contributed by atoms with Crippen LogP contribution in [0.4, 0.5) is 5.69 Å². The third-order valence-electron chi connectivity index (χ3n) is 3.22. The number of benzene rings is 1. The number of tetrazole rings is 1. The van der Waals surface area contributed by atoms with Crippen LogP contribution in [0.5, 0.6) is 0 Å². The monoisotopic (exact) mass is 245 g/mol. The van der Waals surface area contributed by atoms with Gasteiger partial charge in [0.2, 0.25) is 0 Å². The van der Waals surface area contributed by atoms with Crippen LogP contribution in [0.15, 0.2) is 24.5 Å². The Bertz CT molecular complexity index is 504. The van der Waals surface area contributed by atoms with E-state index in [1.165, 1.54) is 5.56 Å². The lowest BCUT2D eigenvalue weighted by Gasteiger charge is -2.20. The van der Waals surface area contributed by atoms with E-state index in [1.807, 2.05) is 6.07 Å². The number of aromatic nitrogens is 4. The Kier molecular flexibility index (Phi) is 3.60. The molecular weight excluding hydrogens is 226 g/mol. The molecule has 1 aromatic carbocycles. The molecule has 0 aliphatic carbocycles. The molecule has 0 aliphatic rings. The van der Waals surface area contributed by atoms with E-state index in [0.717, 1.165) is 11.4 Å². The molecule has 0 saturated heterocycles. The summed E-state index contributed by atoms with van der Waals surface area (Å²) in [4.78, 5) is 0. The summed E-state index contributed by atoms with van der Waals surface area (Å²) in [6.07, 6.45) is 1.60. The summed E-state index contributed by atoms with van der Waals surface area (Å²) in [5, 5.41) is 14.7. The molecular formula is C13H19N5. The lowest BCUT2D eigenvalue weighted by Crippen LogP contribution is -2.22. The van der Waals surface area contributed by atoms with Crippen LogP contribution in [-0.2, 0) is 0 Å². The largest absolute Gasteiger partial charge is 0.382 e. The van der Waals surface area contributed by atoms with Gasteiger partial charge in [-0.2, -0.15) is 0 Å². The van der Waals surface area contributed by atoms with E-state index in [2.05, 4.69) is 60.7 Å². The van der Waals surface area contributed by atoms with E-state index in [4.69, 9.17) is 0 Å². The first-order valence-electron chi connectivity index (χ1n) is 6.18. The maximum Gasteiger partial charge on any atom is 0.143 e. The predicted molar refractivity (Wildman–Crippen MR) is 71.8 cm³/mol. The zero-order valence-electron chi connectivity index (χ0n) is 11.3. The molecule has 2 aromatic rings. The van der Waals surface area contributed by atoms with E-state index in [9.17, 15) is 0 Å². The Balaban J connectivity index is 2.27. The number of hydrogen-bond donors (Lipinski definition) is 1. The van der Waals surface area contributed by atoms with Gasteiger partial charge < -0.3 is 5.32 Å².